The standard InChI is InChI=1S/C19H21N3O2/c1-22-8-7-13-11-21-18-17(13)16(22)9-15(19(18)23)20-10-12-3-5-14(24-2)6-4-12/h3-6,9,11,16,20-21H,7-8,10H2,1-2H3. The molecule has 0 bridgehead atoms. The number of benzene rings is 1. The van der Waals surface area contributed by atoms with Crippen LogP contribution in [-0.4, -0.2) is 36.4 Å². The van der Waals surface area contributed by atoms with E-state index in [9.17, 15) is 4.79 Å². The number of likely N-dealkylation sites (N-methyl/N-ethyl adjacent to an activating group) is 1. The van der Waals surface area contributed by atoms with Crippen LogP contribution in [0.25, 0.3) is 0 Å². The first-order valence-corrected chi connectivity index (χ1v) is 8.21. The smallest absolute Gasteiger partial charge is 0.225 e. The number of nitrogens with zero attached hydrogens (tertiary/aromatic N) is 1. The third-order valence-corrected chi connectivity index (χ3v) is 4.95. The lowest BCUT2D eigenvalue weighted by atomic mass is 9.88. The number of carbonyl (C=O) groups is 1. The molecule has 1 aliphatic heterocycles. The molecule has 0 fully saturated rings. The molecule has 0 amide bonds. The number of allylic oxidation sites excluding steroid dienone is 1. The van der Waals surface area contributed by atoms with Gasteiger partial charge < -0.3 is 15.0 Å². The molecule has 124 valence electrons. The zero-order valence-electron chi connectivity index (χ0n) is 13.9. The summed E-state index contributed by atoms with van der Waals surface area (Å²) >= 11 is 0. The molecule has 0 saturated carbocycles. The Bertz CT molecular complexity index is 805. The number of H-pyrrole nitrogens is 1. The van der Waals surface area contributed by atoms with Gasteiger partial charge in [0.25, 0.3) is 0 Å². The van der Waals surface area contributed by atoms with E-state index in [2.05, 4.69) is 28.3 Å². The van der Waals surface area contributed by atoms with Crippen LogP contribution >= 0.6 is 0 Å². The molecule has 1 unspecified atom stereocenters. The van der Waals surface area contributed by atoms with E-state index in [0.29, 0.717) is 12.2 Å². The molecule has 2 aromatic rings. The van der Waals surface area contributed by atoms with Crippen LogP contribution in [0.1, 0.15) is 33.2 Å². The molecule has 2 heterocycles. The molecule has 0 radical (unpaired) electrons. The Kier molecular flexibility index (Phi) is 3.65. The summed E-state index contributed by atoms with van der Waals surface area (Å²) in [4.78, 5) is 18.2. The average Bonchev–Trinajstić information content (AvgIpc) is 3.04. The van der Waals surface area contributed by atoms with E-state index in [1.807, 2.05) is 30.5 Å². The third kappa shape index (κ3) is 2.41. The van der Waals surface area contributed by atoms with Crippen LogP contribution in [0.3, 0.4) is 0 Å². The van der Waals surface area contributed by atoms with Crippen molar-refractivity contribution < 1.29 is 9.53 Å². The first-order valence-electron chi connectivity index (χ1n) is 8.21. The van der Waals surface area contributed by atoms with E-state index in [-0.39, 0.29) is 11.8 Å². The van der Waals surface area contributed by atoms with Gasteiger partial charge in [-0.1, -0.05) is 12.1 Å². The Hall–Kier alpha value is -2.53. The highest BCUT2D eigenvalue weighted by Crippen LogP contribution is 2.37. The minimum absolute atomic E-state index is 0.0521. The molecule has 4 rings (SSSR count). The fraction of sp³-hybridized carbons (Fsp3) is 0.316. The number of Topliss-reactive ketones (excluding diaryl/α,β-unsaturated/α-hetero) is 1. The van der Waals surface area contributed by atoms with Gasteiger partial charge in [-0.25, -0.2) is 0 Å². The summed E-state index contributed by atoms with van der Waals surface area (Å²) in [5, 5.41) is 3.31. The van der Waals surface area contributed by atoms with Crippen molar-refractivity contribution in [3.8, 4) is 5.75 Å². The molecule has 0 spiro atoms. The molecule has 2 aliphatic rings. The van der Waals surface area contributed by atoms with E-state index in [0.717, 1.165) is 35.5 Å². The zero-order valence-corrected chi connectivity index (χ0v) is 13.9. The van der Waals surface area contributed by atoms with Crippen LogP contribution in [0.5, 0.6) is 5.75 Å². The Labute approximate surface area is 141 Å². The van der Waals surface area contributed by atoms with E-state index in [4.69, 9.17) is 4.74 Å². The molecule has 5 nitrogen and oxygen atoms in total. The van der Waals surface area contributed by atoms with Crippen molar-refractivity contribution in [1.82, 2.24) is 15.2 Å². The largest absolute Gasteiger partial charge is 0.497 e. The summed E-state index contributed by atoms with van der Waals surface area (Å²) in [7, 11) is 3.76. The lowest BCUT2D eigenvalue weighted by Gasteiger charge is -2.34. The molecule has 24 heavy (non-hydrogen) atoms. The van der Waals surface area contributed by atoms with Crippen LogP contribution in [0, 0.1) is 0 Å². The maximum Gasteiger partial charge on any atom is 0.225 e. The second-order valence-electron chi connectivity index (χ2n) is 6.39. The highest BCUT2D eigenvalue weighted by Gasteiger charge is 2.35. The fourth-order valence-electron chi connectivity index (χ4n) is 3.52. The lowest BCUT2D eigenvalue weighted by Crippen LogP contribution is -2.36. The molecule has 0 saturated heterocycles. The summed E-state index contributed by atoms with van der Waals surface area (Å²) in [6, 6.07) is 8.04. The molecule has 2 N–H and O–H groups in total. The van der Waals surface area contributed by atoms with Crippen molar-refractivity contribution in [2.45, 2.75) is 19.0 Å². The molecule has 1 aliphatic carbocycles. The van der Waals surface area contributed by atoms with E-state index >= 15 is 0 Å². The number of aromatic amines is 1. The number of nitrogens with one attached hydrogen (secondary N) is 2. The second-order valence-corrected chi connectivity index (χ2v) is 6.39. The van der Waals surface area contributed by atoms with Crippen LogP contribution in [0.4, 0.5) is 0 Å². The van der Waals surface area contributed by atoms with Gasteiger partial charge in [0.1, 0.15) is 5.75 Å². The van der Waals surface area contributed by atoms with Gasteiger partial charge in [0, 0.05) is 24.8 Å². The van der Waals surface area contributed by atoms with E-state index < -0.39 is 0 Å². The summed E-state index contributed by atoms with van der Waals surface area (Å²) < 4.78 is 5.17. The molecule has 5 heteroatoms. The number of rotatable bonds is 4. The van der Waals surface area contributed by atoms with Gasteiger partial charge in [0.2, 0.25) is 5.78 Å². The Morgan fingerprint density at radius 2 is 2.12 bits per heavy atom. The number of ether oxygens (including phenoxy) is 1. The van der Waals surface area contributed by atoms with Crippen LogP contribution in [0.2, 0.25) is 0 Å². The van der Waals surface area contributed by atoms with Crippen LogP contribution in [0.15, 0.2) is 42.2 Å². The maximum absolute atomic E-state index is 12.7. The van der Waals surface area contributed by atoms with Crippen molar-refractivity contribution in [1.29, 1.82) is 0 Å². The van der Waals surface area contributed by atoms with Crippen LogP contribution < -0.4 is 10.1 Å². The highest BCUT2D eigenvalue weighted by atomic mass is 16.5. The minimum Gasteiger partial charge on any atom is -0.497 e. The topological polar surface area (TPSA) is 57.4 Å². The highest BCUT2D eigenvalue weighted by molar-refractivity contribution is 6.09. The van der Waals surface area contributed by atoms with Gasteiger partial charge in [-0.3, -0.25) is 9.69 Å². The quantitative estimate of drug-likeness (QED) is 0.907. The number of carbonyl (C=O) groups excluding carboxylic acids is 1. The van der Waals surface area contributed by atoms with Gasteiger partial charge in [-0.15, -0.1) is 0 Å². The summed E-state index contributed by atoms with van der Waals surface area (Å²) in [6.45, 7) is 1.62. The molecule has 1 aromatic carbocycles. The van der Waals surface area contributed by atoms with E-state index in [1.165, 1.54) is 5.56 Å². The van der Waals surface area contributed by atoms with Crippen molar-refractivity contribution in [2.24, 2.45) is 0 Å². The van der Waals surface area contributed by atoms with Crippen molar-refractivity contribution in [3.63, 3.8) is 0 Å². The van der Waals surface area contributed by atoms with Crippen LogP contribution in [-0.2, 0) is 13.0 Å². The zero-order chi connectivity index (χ0) is 16.7. The van der Waals surface area contributed by atoms with Gasteiger partial charge in [-0.05, 0) is 42.8 Å². The Balaban J connectivity index is 1.56. The van der Waals surface area contributed by atoms with Gasteiger partial charge in [-0.2, -0.15) is 0 Å². The fourth-order valence-corrected chi connectivity index (χ4v) is 3.52. The number of methoxy groups -OCH3 is 1. The summed E-state index contributed by atoms with van der Waals surface area (Å²) in [6.07, 6.45) is 5.04. The summed E-state index contributed by atoms with van der Waals surface area (Å²) in [5.74, 6) is 0.885. The number of ketones is 1. The lowest BCUT2D eigenvalue weighted by molar-refractivity contribution is 0.101. The van der Waals surface area contributed by atoms with Crippen molar-refractivity contribution >= 4 is 5.78 Å². The van der Waals surface area contributed by atoms with Gasteiger partial charge >= 0.3 is 0 Å². The first kappa shape index (κ1) is 15.0. The molecular weight excluding hydrogens is 302 g/mol. The molecule has 1 atom stereocenters. The predicted molar refractivity (Wildman–Crippen MR) is 92.1 cm³/mol. The SMILES string of the molecule is COc1ccc(CNC2=CC3c4c(c[nH]c4C2=O)CCN3C)cc1. The first-order chi connectivity index (χ1) is 11.7. The Morgan fingerprint density at radius 3 is 2.88 bits per heavy atom. The minimum atomic E-state index is 0.0521. The summed E-state index contributed by atoms with van der Waals surface area (Å²) in [5.41, 5.74) is 4.95. The monoisotopic (exact) mass is 323 g/mol. The van der Waals surface area contributed by atoms with Crippen molar-refractivity contribution in [3.05, 3.63) is 64.6 Å². The maximum atomic E-state index is 12.7. The second kappa shape index (κ2) is 5.83. The Morgan fingerprint density at radius 1 is 1.33 bits per heavy atom. The van der Waals surface area contributed by atoms with Crippen molar-refractivity contribution in [2.75, 3.05) is 20.7 Å². The third-order valence-electron chi connectivity index (χ3n) is 4.95. The van der Waals surface area contributed by atoms with E-state index in [1.54, 1.807) is 7.11 Å². The average molecular weight is 323 g/mol. The number of hydrogen-bond donors (Lipinski definition) is 2. The number of hydrogen-bond acceptors (Lipinski definition) is 4. The molecular formula is C19H21N3O2. The normalized spacial score (nSPS) is 19.7. The predicted octanol–water partition coefficient (Wildman–Crippen LogP) is 2.42. The van der Waals surface area contributed by atoms with Gasteiger partial charge in [0.05, 0.1) is 24.5 Å². The number of aromatic nitrogens is 1. The molecule has 1 aromatic heterocycles. The van der Waals surface area contributed by atoms with Gasteiger partial charge in [0.15, 0.2) is 0 Å².